The van der Waals surface area contributed by atoms with Crippen LogP contribution in [0.25, 0.3) is 0 Å². The highest BCUT2D eigenvalue weighted by Crippen LogP contribution is 2.22. The molecule has 3 N–H and O–H groups in total. The Morgan fingerprint density at radius 2 is 1.95 bits per heavy atom. The Morgan fingerprint density at radius 3 is 2.45 bits per heavy atom. The summed E-state index contributed by atoms with van der Waals surface area (Å²) >= 11 is 5.87. The number of nitrogens with two attached hydrogens (primary N) is 1. The molecule has 0 aliphatic carbocycles. The summed E-state index contributed by atoms with van der Waals surface area (Å²) in [6, 6.07) is 7.34. The molecule has 5 heteroatoms. The van der Waals surface area contributed by atoms with Crippen LogP contribution in [0.1, 0.15) is 38.4 Å². The van der Waals surface area contributed by atoms with Crippen LogP contribution in [0.5, 0.6) is 0 Å². The molecule has 0 aromatic heterocycles. The number of carbonyl (C=O) groups excluding carboxylic acids is 1. The van der Waals surface area contributed by atoms with E-state index >= 15 is 0 Å². The van der Waals surface area contributed by atoms with Crippen molar-refractivity contribution in [1.29, 1.82) is 0 Å². The van der Waals surface area contributed by atoms with Gasteiger partial charge in [-0.1, -0.05) is 23.7 Å². The Bertz CT molecular complexity index is 420. The minimum absolute atomic E-state index is 0.00851. The van der Waals surface area contributed by atoms with Crippen LogP contribution in [-0.4, -0.2) is 25.1 Å². The van der Waals surface area contributed by atoms with Gasteiger partial charge in [0.15, 0.2) is 0 Å². The van der Waals surface area contributed by atoms with E-state index in [1.165, 1.54) is 0 Å². The Labute approximate surface area is 125 Å². The quantitative estimate of drug-likeness (QED) is 0.813. The summed E-state index contributed by atoms with van der Waals surface area (Å²) in [5, 5.41) is 3.62. The van der Waals surface area contributed by atoms with Crippen LogP contribution in [-0.2, 0) is 9.53 Å². The van der Waals surface area contributed by atoms with E-state index in [1.807, 2.05) is 38.1 Å². The van der Waals surface area contributed by atoms with Gasteiger partial charge in [-0.2, -0.15) is 0 Å². The van der Waals surface area contributed by atoms with Crippen LogP contribution < -0.4 is 11.1 Å². The molecule has 0 radical (unpaired) electrons. The number of hydrogen-bond acceptors (Lipinski definition) is 3. The fourth-order valence-corrected chi connectivity index (χ4v) is 2.17. The van der Waals surface area contributed by atoms with Crippen molar-refractivity contribution < 1.29 is 9.53 Å². The van der Waals surface area contributed by atoms with Crippen molar-refractivity contribution >= 4 is 17.5 Å². The number of ether oxygens (including phenoxy) is 1. The molecule has 0 aliphatic heterocycles. The summed E-state index contributed by atoms with van der Waals surface area (Å²) in [6.07, 6.45) is 0.905. The topological polar surface area (TPSA) is 64.3 Å². The molecule has 3 atom stereocenters. The van der Waals surface area contributed by atoms with E-state index in [1.54, 1.807) is 7.11 Å². The molecule has 0 saturated carbocycles. The van der Waals surface area contributed by atoms with Crippen molar-refractivity contribution in [3.05, 3.63) is 34.9 Å². The number of halogens is 1. The average molecular weight is 299 g/mol. The number of nitrogens with one attached hydrogen (secondary N) is 1. The number of amides is 1. The van der Waals surface area contributed by atoms with Gasteiger partial charge in [-0.25, -0.2) is 0 Å². The van der Waals surface area contributed by atoms with Crippen LogP contribution >= 0.6 is 11.6 Å². The van der Waals surface area contributed by atoms with Gasteiger partial charge in [0.1, 0.15) is 6.10 Å². The van der Waals surface area contributed by atoms with Gasteiger partial charge < -0.3 is 15.8 Å². The molecule has 1 aromatic carbocycles. The first-order valence-electron chi connectivity index (χ1n) is 6.77. The first kappa shape index (κ1) is 17.0. The van der Waals surface area contributed by atoms with Crippen LogP contribution in [0.15, 0.2) is 24.3 Å². The highest BCUT2D eigenvalue weighted by molar-refractivity contribution is 6.30. The average Bonchev–Trinajstić information content (AvgIpc) is 2.39. The molecular formula is C15H23ClN2O2. The van der Waals surface area contributed by atoms with Gasteiger partial charge in [-0.3, -0.25) is 4.79 Å². The number of methoxy groups -OCH3 is 1. The third-order valence-corrected chi connectivity index (χ3v) is 3.37. The number of rotatable bonds is 7. The van der Waals surface area contributed by atoms with Gasteiger partial charge in [0.05, 0.1) is 6.04 Å². The van der Waals surface area contributed by atoms with Crippen molar-refractivity contribution in [3.63, 3.8) is 0 Å². The van der Waals surface area contributed by atoms with E-state index in [-0.39, 0.29) is 24.1 Å². The molecule has 1 aromatic rings. The Balaban J connectivity index is 2.60. The largest absolute Gasteiger partial charge is 0.375 e. The molecule has 4 nitrogen and oxygen atoms in total. The second kappa shape index (κ2) is 8.25. The number of hydrogen-bond donors (Lipinski definition) is 2. The van der Waals surface area contributed by atoms with Crippen LogP contribution in [0.4, 0.5) is 0 Å². The minimum atomic E-state index is -0.202. The predicted molar refractivity (Wildman–Crippen MR) is 81.7 cm³/mol. The maximum atomic E-state index is 11.8. The first-order chi connectivity index (χ1) is 9.43. The van der Waals surface area contributed by atoms with E-state index < -0.39 is 0 Å². The van der Waals surface area contributed by atoms with Crippen LogP contribution in [0.3, 0.4) is 0 Å². The lowest BCUT2D eigenvalue weighted by molar-refractivity contribution is -0.122. The summed E-state index contributed by atoms with van der Waals surface area (Å²) in [4.78, 5) is 11.8. The van der Waals surface area contributed by atoms with Crippen LogP contribution in [0.2, 0.25) is 5.02 Å². The Kier molecular flexibility index (Phi) is 6.99. The lowest BCUT2D eigenvalue weighted by atomic mass is 10.0. The van der Waals surface area contributed by atoms with Crippen molar-refractivity contribution in [1.82, 2.24) is 5.32 Å². The van der Waals surface area contributed by atoms with E-state index in [4.69, 9.17) is 22.1 Å². The number of benzene rings is 1. The van der Waals surface area contributed by atoms with Crippen molar-refractivity contribution in [2.24, 2.45) is 5.73 Å². The third-order valence-electron chi connectivity index (χ3n) is 3.12. The van der Waals surface area contributed by atoms with E-state index in [2.05, 4.69) is 5.32 Å². The van der Waals surface area contributed by atoms with Gasteiger partial charge in [0.25, 0.3) is 0 Å². The molecule has 0 saturated heterocycles. The van der Waals surface area contributed by atoms with Crippen molar-refractivity contribution in [2.75, 3.05) is 7.11 Å². The number of carbonyl (C=O) groups is 1. The molecule has 1 rings (SSSR count). The second-order valence-electron chi connectivity index (χ2n) is 5.08. The monoisotopic (exact) mass is 298 g/mol. The predicted octanol–water partition coefficient (Wildman–Crippen LogP) is 2.66. The van der Waals surface area contributed by atoms with Gasteiger partial charge >= 0.3 is 0 Å². The summed E-state index contributed by atoms with van der Waals surface area (Å²) in [5.74, 6) is -0.00851. The Morgan fingerprint density at radius 1 is 1.35 bits per heavy atom. The third kappa shape index (κ3) is 5.49. The van der Waals surface area contributed by atoms with Crippen LogP contribution in [0, 0.1) is 0 Å². The van der Waals surface area contributed by atoms with Gasteiger partial charge in [0.2, 0.25) is 5.91 Å². The smallest absolute Gasteiger partial charge is 0.220 e. The normalized spacial score (nSPS) is 15.4. The van der Waals surface area contributed by atoms with Crippen molar-refractivity contribution in [2.45, 2.75) is 44.9 Å². The zero-order valence-electron chi connectivity index (χ0n) is 12.2. The highest BCUT2D eigenvalue weighted by Gasteiger charge is 2.20. The summed E-state index contributed by atoms with van der Waals surface area (Å²) in [5.41, 5.74) is 6.63. The maximum absolute atomic E-state index is 11.8. The summed E-state index contributed by atoms with van der Waals surface area (Å²) in [6.45, 7) is 3.81. The van der Waals surface area contributed by atoms with Gasteiger partial charge in [-0.15, -0.1) is 0 Å². The van der Waals surface area contributed by atoms with E-state index in [0.29, 0.717) is 17.9 Å². The molecule has 20 heavy (non-hydrogen) atoms. The standard InChI is InChI=1S/C15H23ClN2O2/c1-10(17)4-9-14(19)18-11(2)15(20-3)12-5-7-13(16)8-6-12/h5-8,10-11,15H,4,9,17H2,1-3H3,(H,18,19). The molecular weight excluding hydrogens is 276 g/mol. The molecule has 0 bridgehead atoms. The molecule has 0 heterocycles. The molecule has 112 valence electrons. The zero-order chi connectivity index (χ0) is 15.1. The highest BCUT2D eigenvalue weighted by atomic mass is 35.5. The second-order valence-corrected chi connectivity index (χ2v) is 5.52. The van der Waals surface area contributed by atoms with E-state index in [9.17, 15) is 4.79 Å². The SMILES string of the molecule is COC(c1ccc(Cl)cc1)C(C)NC(=O)CCC(C)N. The van der Waals surface area contributed by atoms with E-state index in [0.717, 1.165) is 5.56 Å². The van der Waals surface area contributed by atoms with Gasteiger partial charge in [0, 0.05) is 24.6 Å². The lowest BCUT2D eigenvalue weighted by Gasteiger charge is -2.24. The molecule has 1 amide bonds. The lowest BCUT2D eigenvalue weighted by Crippen LogP contribution is -2.38. The fourth-order valence-electron chi connectivity index (χ4n) is 2.04. The molecule has 0 aliphatic rings. The Hall–Kier alpha value is -1.10. The summed E-state index contributed by atoms with van der Waals surface area (Å²) in [7, 11) is 1.63. The van der Waals surface area contributed by atoms with Crippen molar-refractivity contribution in [3.8, 4) is 0 Å². The zero-order valence-corrected chi connectivity index (χ0v) is 13.0. The summed E-state index contributed by atoms with van der Waals surface area (Å²) < 4.78 is 5.48. The fraction of sp³-hybridized carbons (Fsp3) is 0.533. The first-order valence-corrected chi connectivity index (χ1v) is 7.15. The molecule has 3 unspecified atom stereocenters. The van der Waals surface area contributed by atoms with Gasteiger partial charge in [-0.05, 0) is 38.0 Å². The molecule has 0 fully saturated rings. The minimum Gasteiger partial charge on any atom is -0.375 e. The molecule has 0 spiro atoms. The maximum Gasteiger partial charge on any atom is 0.220 e.